The lowest BCUT2D eigenvalue weighted by atomic mass is 10.2. The van der Waals surface area contributed by atoms with Gasteiger partial charge in [0.25, 0.3) is 10.0 Å². The smallest absolute Gasteiger partial charge is 0.264 e. The molecule has 2 aliphatic heterocycles. The Kier molecular flexibility index (Phi) is 5.36. The SMILES string of the molecule is O=S(=O)(NC1=NCN(Cc2ccc3c(c2)OCCCO3)CN1)c1ccccc1. The van der Waals surface area contributed by atoms with Crippen LogP contribution in [0.5, 0.6) is 11.5 Å². The zero-order valence-corrected chi connectivity index (χ0v) is 16.1. The van der Waals surface area contributed by atoms with Gasteiger partial charge in [-0.3, -0.25) is 4.90 Å². The van der Waals surface area contributed by atoms with Crippen LogP contribution < -0.4 is 19.5 Å². The molecule has 0 unspecified atom stereocenters. The van der Waals surface area contributed by atoms with Crippen LogP contribution >= 0.6 is 0 Å². The van der Waals surface area contributed by atoms with Gasteiger partial charge in [-0.1, -0.05) is 24.3 Å². The van der Waals surface area contributed by atoms with Crippen LogP contribution in [-0.2, 0) is 16.6 Å². The van der Waals surface area contributed by atoms with Crippen molar-refractivity contribution in [1.29, 1.82) is 0 Å². The van der Waals surface area contributed by atoms with Crippen molar-refractivity contribution in [2.75, 3.05) is 26.6 Å². The molecule has 2 heterocycles. The third kappa shape index (κ3) is 4.37. The van der Waals surface area contributed by atoms with E-state index in [1.54, 1.807) is 30.3 Å². The molecule has 0 bridgehead atoms. The minimum absolute atomic E-state index is 0.203. The van der Waals surface area contributed by atoms with E-state index in [4.69, 9.17) is 9.47 Å². The van der Waals surface area contributed by atoms with Gasteiger partial charge in [0.15, 0.2) is 11.5 Å². The average molecular weight is 402 g/mol. The molecule has 2 N–H and O–H groups in total. The number of hydrogen-bond donors (Lipinski definition) is 2. The van der Waals surface area contributed by atoms with Crippen LogP contribution in [0.15, 0.2) is 58.4 Å². The van der Waals surface area contributed by atoms with Gasteiger partial charge in [-0.25, -0.2) is 18.1 Å². The van der Waals surface area contributed by atoms with Crippen molar-refractivity contribution in [3.05, 3.63) is 54.1 Å². The molecule has 2 aromatic carbocycles. The maximum atomic E-state index is 12.4. The summed E-state index contributed by atoms with van der Waals surface area (Å²) >= 11 is 0. The first kappa shape index (κ1) is 18.6. The molecule has 8 nitrogen and oxygen atoms in total. The second-order valence-electron chi connectivity index (χ2n) is 6.56. The Morgan fingerprint density at radius 2 is 1.86 bits per heavy atom. The minimum Gasteiger partial charge on any atom is -0.490 e. The summed E-state index contributed by atoms with van der Waals surface area (Å²) in [6.45, 7) is 2.83. The number of rotatable bonds is 4. The maximum Gasteiger partial charge on any atom is 0.264 e. The normalized spacial score (nSPS) is 17.2. The van der Waals surface area contributed by atoms with Crippen LogP contribution in [-0.4, -0.2) is 45.8 Å². The molecule has 4 rings (SSSR count). The molecule has 28 heavy (non-hydrogen) atoms. The van der Waals surface area contributed by atoms with E-state index in [0.717, 1.165) is 23.5 Å². The van der Waals surface area contributed by atoms with Crippen LogP contribution in [0.3, 0.4) is 0 Å². The second-order valence-corrected chi connectivity index (χ2v) is 8.24. The molecule has 0 radical (unpaired) electrons. The molecule has 0 atom stereocenters. The Hall–Kier alpha value is -2.78. The third-order valence-corrected chi connectivity index (χ3v) is 5.76. The lowest BCUT2D eigenvalue weighted by Crippen LogP contribution is -2.49. The Balaban J connectivity index is 1.37. The summed E-state index contributed by atoms with van der Waals surface area (Å²) in [6, 6.07) is 14.1. The van der Waals surface area contributed by atoms with Crippen molar-refractivity contribution in [1.82, 2.24) is 14.9 Å². The van der Waals surface area contributed by atoms with Gasteiger partial charge < -0.3 is 14.8 Å². The van der Waals surface area contributed by atoms with Crippen LogP contribution in [0, 0.1) is 0 Å². The van der Waals surface area contributed by atoms with E-state index in [1.165, 1.54) is 0 Å². The van der Waals surface area contributed by atoms with E-state index in [1.807, 2.05) is 18.2 Å². The summed E-state index contributed by atoms with van der Waals surface area (Å²) in [5.74, 6) is 1.78. The Morgan fingerprint density at radius 1 is 1.07 bits per heavy atom. The van der Waals surface area contributed by atoms with Crippen molar-refractivity contribution in [2.45, 2.75) is 17.9 Å². The highest BCUT2D eigenvalue weighted by Crippen LogP contribution is 2.30. The van der Waals surface area contributed by atoms with E-state index < -0.39 is 10.0 Å². The summed E-state index contributed by atoms with van der Waals surface area (Å²) in [7, 11) is -3.64. The lowest BCUT2D eigenvalue weighted by molar-refractivity contribution is 0.254. The van der Waals surface area contributed by atoms with Crippen LogP contribution in [0.25, 0.3) is 0 Å². The molecule has 0 saturated carbocycles. The Labute approximate surface area is 164 Å². The van der Waals surface area contributed by atoms with Gasteiger partial charge in [0, 0.05) is 13.0 Å². The molecule has 0 aliphatic carbocycles. The summed E-state index contributed by atoms with van der Waals surface area (Å²) in [5, 5.41) is 3.02. The van der Waals surface area contributed by atoms with Crippen molar-refractivity contribution in [3.8, 4) is 11.5 Å². The fourth-order valence-corrected chi connectivity index (χ4v) is 4.01. The highest BCUT2D eigenvalue weighted by Gasteiger charge is 2.20. The van der Waals surface area contributed by atoms with Gasteiger partial charge >= 0.3 is 0 Å². The minimum atomic E-state index is -3.64. The molecule has 148 valence electrons. The predicted octanol–water partition coefficient (Wildman–Crippen LogP) is 1.50. The molecule has 0 saturated heterocycles. The first-order valence-electron chi connectivity index (χ1n) is 9.07. The molecule has 0 aromatic heterocycles. The fraction of sp³-hybridized carbons (Fsp3) is 0.316. The number of nitrogens with zero attached hydrogens (tertiary/aromatic N) is 2. The summed E-state index contributed by atoms with van der Waals surface area (Å²) < 4.78 is 38.6. The van der Waals surface area contributed by atoms with Gasteiger partial charge in [-0.15, -0.1) is 0 Å². The van der Waals surface area contributed by atoms with Gasteiger partial charge in [0.05, 0.1) is 31.4 Å². The molecule has 9 heteroatoms. The number of nitrogens with one attached hydrogen (secondary N) is 2. The Bertz CT molecular complexity index is 963. The van der Waals surface area contributed by atoms with Crippen LogP contribution in [0.4, 0.5) is 0 Å². The van der Waals surface area contributed by atoms with Crippen molar-refractivity contribution >= 4 is 16.0 Å². The molecular weight excluding hydrogens is 380 g/mol. The number of benzene rings is 2. The highest BCUT2D eigenvalue weighted by atomic mass is 32.2. The van der Waals surface area contributed by atoms with Gasteiger partial charge in [0.1, 0.15) is 0 Å². The standard InChI is InChI=1S/C19H22N4O4S/c24-28(25,16-5-2-1-3-6-16)22-19-20-13-23(14-21-19)12-15-7-8-17-18(11-15)27-10-4-9-26-17/h1-3,5-8,11H,4,9-10,12-14H2,(H2,20,21,22). The predicted molar refractivity (Wildman–Crippen MR) is 105 cm³/mol. The summed E-state index contributed by atoms with van der Waals surface area (Å²) in [4.78, 5) is 6.56. The van der Waals surface area contributed by atoms with Gasteiger partial charge in [0.2, 0.25) is 5.96 Å². The van der Waals surface area contributed by atoms with Gasteiger partial charge in [-0.05, 0) is 29.8 Å². The van der Waals surface area contributed by atoms with Crippen molar-refractivity contribution in [3.63, 3.8) is 0 Å². The van der Waals surface area contributed by atoms with Crippen molar-refractivity contribution in [2.24, 2.45) is 4.99 Å². The van der Waals surface area contributed by atoms with E-state index in [2.05, 4.69) is 19.9 Å². The van der Waals surface area contributed by atoms with E-state index in [-0.39, 0.29) is 10.9 Å². The Morgan fingerprint density at radius 3 is 2.61 bits per heavy atom. The number of ether oxygens (including phenoxy) is 2. The molecule has 0 amide bonds. The molecule has 0 fully saturated rings. The van der Waals surface area contributed by atoms with E-state index >= 15 is 0 Å². The molecule has 0 spiro atoms. The first-order chi connectivity index (χ1) is 13.6. The zero-order chi connectivity index (χ0) is 19.4. The number of sulfonamides is 1. The zero-order valence-electron chi connectivity index (χ0n) is 15.3. The van der Waals surface area contributed by atoms with Gasteiger partial charge in [-0.2, -0.15) is 0 Å². The van der Waals surface area contributed by atoms with Crippen LogP contribution in [0.1, 0.15) is 12.0 Å². The average Bonchev–Trinajstić information content (AvgIpc) is 2.95. The molecule has 2 aliphatic rings. The van der Waals surface area contributed by atoms with E-state index in [9.17, 15) is 8.42 Å². The monoisotopic (exact) mass is 402 g/mol. The number of hydrogen-bond acceptors (Lipinski definition) is 7. The number of aliphatic imine (C=N–C) groups is 1. The number of fused-ring (bicyclic) bond motifs is 1. The highest BCUT2D eigenvalue weighted by molar-refractivity contribution is 7.90. The van der Waals surface area contributed by atoms with E-state index in [0.29, 0.717) is 33.1 Å². The third-order valence-electron chi connectivity index (χ3n) is 4.40. The van der Waals surface area contributed by atoms with Crippen LogP contribution in [0.2, 0.25) is 0 Å². The molecule has 2 aromatic rings. The second kappa shape index (κ2) is 8.07. The topological polar surface area (TPSA) is 92.3 Å². The summed E-state index contributed by atoms with van der Waals surface area (Å²) in [6.07, 6.45) is 0.871. The largest absolute Gasteiger partial charge is 0.490 e. The quantitative estimate of drug-likeness (QED) is 0.805. The maximum absolute atomic E-state index is 12.4. The number of guanidine groups is 1. The summed E-state index contributed by atoms with van der Waals surface area (Å²) in [5.41, 5.74) is 1.08. The lowest BCUT2D eigenvalue weighted by Gasteiger charge is -2.27. The fourth-order valence-electron chi connectivity index (χ4n) is 2.99. The first-order valence-corrected chi connectivity index (χ1v) is 10.6. The molecular formula is C19H22N4O4S. The van der Waals surface area contributed by atoms with Crippen molar-refractivity contribution < 1.29 is 17.9 Å².